The van der Waals surface area contributed by atoms with Crippen LogP contribution < -0.4 is 9.47 Å². The highest BCUT2D eigenvalue weighted by molar-refractivity contribution is 5.95. The summed E-state index contributed by atoms with van der Waals surface area (Å²) in [6, 6.07) is 5.35. The highest BCUT2D eigenvalue weighted by atomic mass is 16.7. The molecule has 6 nitrogen and oxygen atoms in total. The van der Waals surface area contributed by atoms with Gasteiger partial charge in [-0.05, 0) is 31.0 Å². The Morgan fingerprint density at radius 1 is 1.22 bits per heavy atom. The van der Waals surface area contributed by atoms with E-state index in [1.807, 2.05) is 4.90 Å². The second-order valence-corrected chi connectivity index (χ2v) is 5.79. The number of fused-ring (bicyclic) bond motifs is 1. The van der Waals surface area contributed by atoms with Crippen molar-refractivity contribution in [2.45, 2.75) is 18.8 Å². The van der Waals surface area contributed by atoms with Crippen molar-refractivity contribution < 1.29 is 14.3 Å². The summed E-state index contributed by atoms with van der Waals surface area (Å²) in [5, 5.41) is 0. The van der Waals surface area contributed by atoms with Gasteiger partial charge in [-0.15, -0.1) is 0 Å². The molecule has 0 saturated carbocycles. The van der Waals surface area contributed by atoms with Crippen molar-refractivity contribution in [3.8, 4) is 11.5 Å². The molecule has 0 bridgehead atoms. The van der Waals surface area contributed by atoms with Crippen molar-refractivity contribution in [1.82, 2.24) is 14.9 Å². The molecule has 1 unspecified atom stereocenters. The molecule has 2 aliphatic heterocycles. The van der Waals surface area contributed by atoms with Crippen LogP contribution in [0.3, 0.4) is 0 Å². The molecular formula is C17H17N3O3. The predicted molar refractivity (Wildman–Crippen MR) is 82.5 cm³/mol. The first-order chi connectivity index (χ1) is 11.3. The molecule has 1 amide bonds. The molecule has 6 heteroatoms. The molecule has 1 atom stereocenters. The van der Waals surface area contributed by atoms with Crippen molar-refractivity contribution in [1.29, 1.82) is 0 Å². The van der Waals surface area contributed by atoms with E-state index in [4.69, 9.17) is 9.47 Å². The van der Waals surface area contributed by atoms with Gasteiger partial charge < -0.3 is 14.4 Å². The monoisotopic (exact) mass is 311 g/mol. The number of rotatable bonds is 2. The average Bonchev–Trinajstić information content (AvgIpc) is 3.09. The number of aromatic nitrogens is 2. The number of benzene rings is 1. The summed E-state index contributed by atoms with van der Waals surface area (Å²) in [6.07, 6.45) is 7.16. The molecule has 23 heavy (non-hydrogen) atoms. The van der Waals surface area contributed by atoms with E-state index in [0.29, 0.717) is 23.6 Å². The minimum Gasteiger partial charge on any atom is -0.454 e. The van der Waals surface area contributed by atoms with E-state index in [9.17, 15) is 4.79 Å². The van der Waals surface area contributed by atoms with Crippen molar-refractivity contribution in [3.63, 3.8) is 0 Å². The van der Waals surface area contributed by atoms with Crippen molar-refractivity contribution in [2.24, 2.45) is 0 Å². The molecule has 118 valence electrons. The number of ether oxygens (including phenoxy) is 2. The van der Waals surface area contributed by atoms with Gasteiger partial charge in [-0.25, -0.2) is 0 Å². The fourth-order valence-corrected chi connectivity index (χ4v) is 3.14. The van der Waals surface area contributed by atoms with Crippen LogP contribution in [0.15, 0.2) is 36.8 Å². The number of hydrogen-bond acceptors (Lipinski definition) is 5. The van der Waals surface area contributed by atoms with Crippen molar-refractivity contribution in [2.75, 3.05) is 19.9 Å². The first-order valence-corrected chi connectivity index (χ1v) is 7.76. The van der Waals surface area contributed by atoms with E-state index in [1.54, 1.807) is 36.8 Å². The molecular weight excluding hydrogens is 294 g/mol. The van der Waals surface area contributed by atoms with E-state index in [1.165, 1.54) is 0 Å². The summed E-state index contributed by atoms with van der Waals surface area (Å²) in [4.78, 5) is 23.2. The van der Waals surface area contributed by atoms with Crippen LogP contribution in [0, 0.1) is 0 Å². The molecule has 0 radical (unpaired) electrons. The predicted octanol–water partition coefficient (Wildman–Crippen LogP) is 2.23. The topological polar surface area (TPSA) is 64.6 Å². The van der Waals surface area contributed by atoms with E-state index >= 15 is 0 Å². The van der Waals surface area contributed by atoms with Crippen LogP contribution in [0.4, 0.5) is 0 Å². The van der Waals surface area contributed by atoms with Crippen LogP contribution in [0.1, 0.15) is 34.8 Å². The summed E-state index contributed by atoms with van der Waals surface area (Å²) < 4.78 is 10.6. The standard InChI is InChI=1S/C17H17N3O3/c21-17(12-3-4-15-16(8-12)23-11-22-15)20-7-1-2-13(10-20)14-9-18-5-6-19-14/h3-6,8-9,13H,1-2,7,10-11H2. The molecule has 2 aromatic rings. The minimum atomic E-state index is 0.0249. The lowest BCUT2D eigenvalue weighted by atomic mass is 9.94. The lowest BCUT2D eigenvalue weighted by Gasteiger charge is -2.32. The van der Waals surface area contributed by atoms with Gasteiger partial charge >= 0.3 is 0 Å². The normalized spacial score (nSPS) is 19.7. The van der Waals surface area contributed by atoms with Crippen LogP contribution in [-0.2, 0) is 0 Å². The third-order valence-corrected chi connectivity index (χ3v) is 4.33. The van der Waals surface area contributed by atoms with Gasteiger partial charge in [0.25, 0.3) is 5.91 Å². The first kappa shape index (κ1) is 14.0. The molecule has 2 aliphatic rings. The van der Waals surface area contributed by atoms with Gasteiger partial charge in [0.15, 0.2) is 11.5 Å². The summed E-state index contributed by atoms with van der Waals surface area (Å²) in [5.74, 6) is 1.60. The van der Waals surface area contributed by atoms with Gasteiger partial charge in [0.1, 0.15) is 0 Å². The van der Waals surface area contributed by atoms with Gasteiger partial charge in [-0.1, -0.05) is 0 Å². The summed E-state index contributed by atoms with van der Waals surface area (Å²) >= 11 is 0. The molecule has 1 aromatic heterocycles. The Balaban J connectivity index is 1.52. The number of piperidine rings is 1. The highest BCUT2D eigenvalue weighted by Gasteiger charge is 2.27. The zero-order valence-electron chi connectivity index (χ0n) is 12.6. The number of carbonyl (C=O) groups excluding carboxylic acids is 1. The van der Waals surface area contributed by atoms with E-state index < -0.39 is 0 Å². The second kappa shape index (κ2) is 5.87. The zero-order chi connectivity index (χ0) is 15.6. The number of carbonyl (C=O) groups is 1. The second-order valence-electron chi connectivity index (χ2n) is 5.79. The van der Waals surface area contributed by atoms with Crippen molar-refractivity contribution in [3.05, 3.63) is 48.0 Å². The maximum atomic E-state index is 12.8. The van der Waals surface area contributed by atoms with Crippen LogP contribution in [0.2, 0.25) is 0 Å². The Kier molecular flexibility index (Phi) is 3.57. The third kappa shape index (κ3) is 2.72. The van der Waals surface area contributed by atoms with Crippen LogP contribution in [0.5, 0.6) is 11.5 Å². The quantitative estimate of drug-likeness (QED) is 0.851. The molecule has 1 fully saturated rings. The van der Waals surface area contributed by atoms with Gasteiger partial charge in [0.05, 0.1) is 5.69 Å². The first-order valence-electron chi connectivity index (χ1n) is 7.76. The largest absolute Gasteiger partial charge is 0.454 e. The van der Waals surface area contributed by atoms with Crippen molar-refractivity contribution >= 4 is 5.91 Å². The highest BCUT2D eigenvalue weighted by Crippen LogP contribution is 2.33. The molecule has 0 N–H and O–H groups in total. The Labute approximate surface area is 134 Å². The molecule has 3 heterocycles. The van der Waals surface area contributed by atoms with E-state index in [-0.39, 0.29) is 18.6 Å². The van der Waals surface area contributed by atoms with Crippen LogP contribution >= 0.6 is 0 Å². The number of likely N-dealkylation sites (tertiary alicyclic amines) is 1. The number of nitrogens with zero attached hydrogens (tertiary/aromatic N) is 3. The lowest BCUT2D eigenvalue weighted by Crippen LogP contribution is -2.39. The van der Waals surface area contributed by atoms with Crippen LogP contribution in [0.25, 0.3) is 0 Å². The average molecular weight is 311 g/mol. The SMILES string of the molecule is O=C(c1ccc2c(c1)OCO2)N1CCCC(c2cnccn2)C1. The fraction of sp³-hybridized carbons (Fsp3) is 0.353. The van der Waals surface area contributed by atoms with Crippen LogP contribution in [-0.4, -0.2) is 40.7 Å². The molecule has 1 aromatic carbocycles. The summed E-state index contributed by atoms with van der Waals surface area (Å²) in [7, 11) is 0. The maximum Gasteiger partial charge on any atom is 0.254 e. The van der Waals surface area contributed by atoms with Gasteiger partial charge in [0, 0.05) is 43.2 Å². The maximum absolute atomic E-state index is 12.8. The third-order valence-electron chi connectivity index (χ3n) is 4.33. The summed E-state index contributed by atoms with van der Waals surface area (Å²) in [5.41, 5.74) is 1.59. The fourth-order valence-electron chi connectivity index (χ4n) is 3.14. The number of amides is 1. The van der Waals surface area contributed by atoms with Gasteiger partial charge in [0.2, 0.25) is 6.79 Å². The zero-order valence-corrected chi connectivity index (χ0v) is 12.6. The lowest BCUT2D eigenvalue weighted by molar-refractivity contribution is 0.0705. The molecule has 0 spiro atoms. The van der Waals surface area contributed by atoms with Gasteiger partial charge in [-0.2, -0.15) is 0 Å². The minimum absolute atomic E-state index is 0.0249. The summed E-state index contributed by atoms with van der Waals surface area (Å²) in [6.45, 7) is 1.65. The number of hydrogen-bond donors (Lipinski definition) is 0. The molecule has 1 saturated heterocycles. The van der Waals surface area contributed by atoms with Gasteiger partial charge in [-0.3, -0.25) is 14.8 Å². The Hall–Kier alpha value is -2.63. The smallest absolute Gasteiger partial charge is 0.254 e. The molecule has 4 rings (SSSR count). The van der Waals surface area contributed by atoms with E-state index in [2.05, 4.69) is 9.97 Å². The molecule has 0 aliphatic carbocycles. The Bertz CT molecular complexity index is 720. The van der Waals surface area contributed by atoms with E-state index in [0.717, 1.165) is 25.1 Å². The Morgan fingerprint density at radius 3 is 3.00 bits per heavy atom. The Morgan fingerprint density at radius 2 is 2.13 bits per heavy atom.